The van der Waals surface area contributed by atoms with Gasteiger partial charge in [-0.15, -0.1) is 0 Å². The number of anilines is 1. The summed E-state index contributed by atoms with van der Waals surface area (Å²) in [4.78, 5) is 17.5. The second-order valence-electron chi connectivity index (χ2n) is 9.44. The molecule has 1 unspecified atom stereocenters. The van der Waals surface area contributed by atoms with Crippen molar-refractivity contribution in [3.8, 4) is 28.7 Å². The molecular weight excluding hydrogens is 543 g/mol. The van der Waals surface area contributed by atoms with Crippen LogP contribution in [0.5, 0.6) is 28.7 Å². The normalized spacial score (nSPS) is 15.1. The number of methoxy groups -OCH3 is 2. The van der Waals surface area contributed by atoms with Crippen LogP contribution in [0, 0.1) is 6.92 Å². The molecule has 0 bridgehead atoms. The second-order valence-corrected chi connectivity index (χ2v) is 9.44. The highest BCUT2D eigenvalue weighted by molar-refractivity contribution is 6.04. The fraction of sp³-hybridized carbons (Fsp3) is 0.321. The summed E-state index contributed by atoms with van der Waals surface area (Å²) in [6.45, 7) is 1.61. The average molecular weight is 572 g/mol. The highest BCUT2D eigenvalue weighted by atomic mass is 19.4. The van der Waals surface area contributed by atoms with Gasteiger partial charge in [0.2, 0.25) is 0 Å². The van der Waals surface area contributed by atoms with Gasteiger partial charge in [0.05, 0.1) is 32.0 Å². The molecule has 1 aliphatic heterocycles. The number of halogens is 3. The van der Waals surface area contributed by atoms with Gasteiger partial charge in [0, 0.05) is 29.9 Å². The summed E-state index contributed by atoms with van der Waals surface area (Å²) in [5.41, 5.74) is 1.53. The van der Waals surface area contributed by atoms with E-state index in [1.54, 1.807) is 63.7 Å². The molecule has 2 aromatic heterocycles. The number of ether oxygens (including phenoxy) is 4. The van der Waals surface area contributed by atoms with Gasteiger partial charge in [0.1, 0.15) is 11.5 Å². The molecule has 10 nitrogen and oxygen atoms in total. The van der Waals surface area contributed by atoms with Crippen molar-refractivity contribution < 1.29 is 36.9 Å². The van der Waals surface area contributed by atoms with Gasteiger partial charge in [0.15, 0.2) is 29.5 Å². The van der Waals surface area contributed by atoms with Gasteiger partial charge in [-0.2, -0.15) is 18.3 Å². The average Bonchev–Trinajstić information content (AvgIpc) is 3.63. The summed E-state index contributed by atoms with van der Waals surface area (Å²) < 4.78 is 61.9. The lowest BCUT2D eigenvalue weighted by atomic mass is 10.1. The Morgan fingerprint density at radius 1 is 1.07 bits per heavy atom. The van der Waals surface area contributed by atoms with Gasteiger partial charge in [0.25, 0.3) is 5.91 Å². The molecule has 0 spiro atoms. The largest absolute Gasteiger partial charge is 0.493 e. The van der Waals surface area contributed by atoms with Crippen LogP contribution in [0.4, 0.5) is 18.9 Å². The zero-order valence-corrected chi connectivity index (χ0v) is 22.5. The zero-order chi connectivity index (χ0) is 29.1. The lowest BCUT2D eigenvalue weighted by molar-refractivity contribution is -0.153. The molecule has 1 aliphatic rings. The Kier molecular flexibility index (Phi) is 7.88. The second kappa shape index (κ2) is 11.5. The summed E-state index contributed by atoms with van der Waals surface area (Å²) in [6, 6.07) is 10.2. The molecule has 4 aromatic rings. The standard InChI is InChI=1S/C28H28F3N5O5/c1-16-10-17(4-5-21(16)41-22-7-9-33-20-12-24(39-3)23(38-2)11-19(20)22)34-27(37)26-25(40-15-28(29,30)31)14-36(35-26)18-6-8-32-13-18/h4-5,7,9-12,14,18,32H,6,8,13,15H2,1-3H3,(H,34,37). The Morgan fingerprint density at radius 2 is 1.85 bits per heavy atom. The fourth-order valence-corrected chi connectivity index (χ4v) is 4.54. The summed E-state index contributed by atoms with van der Waals surface area (Å²) in [7, 11) is 3.09. The molecule has 5 rings (SSSR count). The Hall–Kier alpha value is -4.52. The third-order valence-electron chi connectivity index (χ3n) is 6.57. The molecule has 3 heterocycles. The van der Waals surface area contributed by atoms with Crippen LogP contribution in [0.25, 0.3) is 10.9 Å². The molecule has 0 aliphatic carbocycles. The van der Waals surface area contributed by atoms with Crippen LogP contribution < -0.4 is 29.6 Å². The summed E-state index contributed by atoms with van der Waals surface area (Å²) in [6.07, 6.45) is -0.874. The first-order valence-corrected chi connectivity index (χ1v) is 12.7. The number of pyridine rings is 1. The molecule has 41 heavy (non-hydrogen) atoms. The van der Waals surface area contributed by atoms with Gasteiger partial charge < -0.3 is 29.6 Å². The number of benzene rings is 2. The Labute approximate surface area is 233 Å². The highest BCUT2D eigenvalue weighted by Crippen LogP contribution is 2.38. The number of nitrogens with one attached hydrogen (secondary N) is 2. The molecule has 13 heteroatoms. The van der Waals surface area contributed by atoms with Crippen molar-refractivity contribution in [2.45, 2.75) is 25.6 Å². The van der Waals surface area contributed by atoms with E-state index in [2.05, 4.69) is 20.7 Å². The number of alkyl halides is 3. The molecule has 1 atom stereocenters. The van der Waals surface area contributed by atoms with Crippen LogP contribution in [-0.4, -0.2) is 60.8 Å². The van der Waals surface area contributed by atoms with E-state index in [-0.39, 0.29) is 17.5 Å². The monoisotopic (exact) mass is 571 g/mol. The molecule has 1 amide bonds. The van der Waals surface area contributed by atoms with Crippen LogP contribution in [0.15, 0.2) is 48.8 Å². The van der Waals surface area contributed by atoms with E-state index < -0.39 is 18.7 Å². The molecule has 0 radical (unpaired) electrons. The van der Waals surface area contributed by atoms with Crippen LogP contribution >= 0.6 is 0 Å². The fourth-order valence-electron chi connectivity index (χ4n) is 4.54. The van der Waals surface area contributed by atoms with E-state index in [9.17, 15) is 18.0 Å². The molecule has 0 saturated carbocycles. The number of aryl methyl sites for hydroxylation is 1. The number of amides is 1. The van der Waals surface area contributed by atoms with Gasteiger partial charge >= 0.3 is 6.18 Å². The topological polar surface area (TPSA) is 109 Å². The van der Waals surface area contributed by atoms with E-state index in [1.807, 2.05) is 0 Å². The number of carbonyl (C=O) groups is 1. The van der Waals surface area contributed by atoms with E-state index in [0.29, 0.717) is 51.7 Å². The maximum absolute atomic E-state index is 13.1. The van der Waals surface area contributed by atoms with Crippen molar-refractivity contribution in [2.75, 3.05) is 39.2 Å². The first kappa shape index (κ1) is 28.0. The van der Waals surface area contributed by atoms with Crippen LogP contribution in [0.1, 0.15) is 28.5 Å². The van der Waals surface area contributed by atoms with E-state index >= 15 is 0 Å². The van der Waals surface area contributed by atoms with Crippen LogP contribution in [-0.2, 0) is 0 Å². The van der Waals surface area contributed by atoms with Crippen molar-refractivity contribution in [3.63, 3.8) is 0 Å². The number of hydrogen-bond donors (Lipinski definition) is 2. The lowest BCUT2D eigenvalue weighted by Gasteiger charge is -2.14. The summed E-state index contributed by atoms with van der Waals surface area (Å²) >= 11 is 0. The van der Waals surface area contributed by atoms with Crippen LogP contribution in [0.2, 0.25) is 0 Å². The predicted octanol–water partition coefficient (Wildman–Crippen LogP) is 5.28. The van der Waals surface area contributed by atoms with Crippen molar-refractivity contribution in [2.24, 2.45) is 0 Å². The minimum atomic E-state index is -4.56. The minimum absolute atomic E-state index is 0.0891. The van der Waals surface area contributed by atoms with Crippen molar-refractivity contribution in [1.82, 2.24) is 20.1 Å². The maximum Gasteiger partial charge on any atom is 0.422 e. The Bertz CT molecular complexity index is 1570. The van der Waals surface area contributed by atoms with E-state index in [1.165, 1.54) is 10.9 Å². The quantitative estimate of drug-likeness (QED) is 0.280. The Morgan fingerprint density at radius 3 is 2.54 bits per heavy atom. The number of fused-ring (bicyclic) bond motifs is 1. The molecule has 1 fully saturated rings. The first-order valence-electron chi connectivity index (χ1n) is 12.7. The summed E-state index contributed by atoms with van der Waals surface area (Å²) in [5.74, 6) is 1.20. The first-order chi connectivity index (χ1) is 19.6. The van der Waals surface area contributed by atoms with Gasteiger partial charge in [-0.3, -0.25) is 14.5 Å². The van der Waals surface area contributed by atoms with Gasteiger partial charge in [-0.25, -0.2) is 0 Å². The van der Waals surface area contributed by atoms with Gasteiger partial charge in [-0.1, -0.05) is 0 Å². The predicted molar refractivity (Wildman–Crippen MR) is 144 cm³/mol. The van der Waals surface area contributed by atoms with E-state index in [4.69, 9.17) is 18.9 Å². The number of hydrogen-bond acceptors (Lipinski definition) is 8. The van der Waals surface area contributed by atoms with Crippen molar-refractivity contribution >= 4 is 22.5 Å². The number of aromatic nitrogens is 3. The Balaban J connectivity index is 1.36. The van der Waals surface area contributed by atoms with Gasteiger partial charge in [-0.05, 0) is 55.8 Å². The molecule has 1 saturated heterocycles. The number of nitrogens with zero attached hydrogens (tertiary/aromatic N) is 3. The molecular formula is C28H28F3N5O5. The minimum Gasteiger partial charge on any atom is -0.493 e. The third-order valence-corrected chi connectivity index (χ3v) is 6.57. The molecule has 2 aromatic carbocycles. The number of rotatable bonds is 9. The zero-order valence-electron chi connectivity index (χ0n) is 22.5. The smallest absolute Gasteiger partial charge is 0.422 e. The molecule has 2 N–H and O–H groups in total. The molecule has 216 valence electrons. The SMILES string of the molecule is COc1cc2nccc(Oc3ccc(NC(=O)c4nn(C5CCNC5)cc4OCC(F)(F)F)cc3C)c2cc1OC. The number of carbonyl (C=O) groups excluding carboxylic acids is 1. The lowest BCUT2D eigenvalue weighted by Crippen LogP contribution is -2.21. The third kappa shape index (κ3) is 6.30. The van der Waals surface area contributed by atoms with Crippen molar-refractivity contribution in [1.29, 1.82) is 0 Å². The highest BCUT2D eigenvalue weighted by Gasteiger charge is 2.31. The van der Waals surface area contributed by atoms with Crippen LogP contribution in [0.3, 0.4) is 0 Å². The maximum atomic E-state index is 13.1. The van der Waals surface area contributed by atoms with Crippen molar-refractivity contribution in [3.05, 3.63) is 60.0 Å². The summed E-state index contributed by atoms with van der Waals surface area (Å²) in [5, 5.41) is 10.8. The van der Waals surface area contributed by atoms with E-state index in [0.717, 1.165) is 13.0 Å².